The Kier molecular flexibility index (Phi) is 6.59. The fourth-order valence-corrected chi connectivity index (χ4v) is 1.54. The molecule has 0 radical (unpaired) electrons. The van der Waals surface area contributed by atoms with Crippen molar-refractivity contribution in [2.24, 2.45) is 0 Å². The highest BCUT2D eigenvalue weighted by atomic mass is 16.5. The van der Waals surface area contributed by atoms with E-state index in [1.54, 1.807) is 20.2 Å². The van der Waals surface area contributed by atoms with Crippen molar-refractivity contribution >= 4 is 5.82 Å². The lowest BCUT2D eigenvalue weighted by Crippen LogP contribution is -2.35. The first-order valence-corrected chi connectivity index (χ1v) is 6.62. The zero-order valence-electron chi connectivity index (χ0n) is 12.0. The average molecular weight is 268 g/mol. The summed E-state index contributed by atoms with van der Waals surface area (Å²) in [5.41, 5.74) is -0.838. The number of ether oxygens (including phenoxy) is 2. The number of aromatic nitrogens is 1. The van der Waals surface area contributed by atoms with Gasteiger partial charge in [0.2, 0.25) is 0 Å². The van der Waals surface area contributed by atoms with Crippen molar-refractivity contribution in [1.82, 2.24) is 4.98 Å². The van der Waals surface area contributed by atoms with Crippen LogP contribution in [-0.4, -0.2) is 42.6 Å². The number of nitrogens with zero attached hydrogens (tertiary/aromatic N) is 1. The Balaban J connectivity index is 2.56. The molecule has 1 aromatic heterocycles. The fourth-order valence-electron chi connectivity index (χ4n) is 1.54. The fraction of sp³-hybridized carbons (Fsp3) is 0.643. The van der Waals surface area contributed by atoms with E-state index in [9.17, 15) is 5.11 Å². The van der Waals surface area contributed by atoms with Gasteiger partial charge in [-0.25, -0.2) is 4.98 Å². The maximum atomic E-state index is 10.2. The molecule has 1 rings (SSSR count). The zero-order chi connectivity index (χ0) is 14.1. The van der Waals surface area contributed by atoms with E-state index in [2.05, 4.69) is 17.2 Å². The Bertz CT molecular complexity index is 369. The molecule has 0 saturated heterocycles. The number of aliphatic hydroxyl groups is 1. The molecule has 1 heterocycles. The molecule has 1 aromatic rings. The molecule has 5 nitrogen and oxygen atoms in total. The van der Waals surface area contributed by atoms with Gasteiger partial charge in [0.1, 0.15) is 0 Å². The lowest BCUT2D eigenvalue weighted by atomic mass is 10.0. The van der Waals surface area contributed by atoms with Crippen LogP contribution in [0.3, 0.4) is 0 Å². The molecular weight excluding hydrogens is 244 g/mol. The maximum Gasteiger partial charge on any atom is 0.168 e. The summed E-state index contributed by atoms with van der Waals surface area (Å²) in [6.07, 6.45) is 3.21. The summed E-state index contributed by atoms with van der Waals surface area (Å²) in [4.78, 5) is 4.24. The predicted molar refractivity (Wildman–Crippen MR) is 75.6 cm³/mol. The number of hydrogen-bond acceptors (Lipinski definition) is 5. The van der Waals surface area contributed by atoms with Crippen molar-refractivity contribution in [3.05, 3.63) is 18.3 Å². The minimum atomic E-state index is -0.838. The molecule has 19 heavy (non-hydrogen) atoms. The Hall–Kier alpha value is -1.33. The van der Waals surface area contributed by atoms with Crippen LogP contribution in [0.1, 0.15) is 26.7 Å². The molecule has 0 amide bonds. The molecule has 0 fully saturated rings. The quantitative estimate of drug-likeness (QED) is 0.718. The van der Waals surface area contributed by atoms with Crippen molar-refractivity contribution in [3.8, 4) is 5.75 Å². The van der Waals surface area contributed by atoms with Crippen molar-refractivity contribution in [1.29, 1.82) is 0 Å². The van der Waals surface area contributed by atoms with Crippen LogP contribution in [-0.2, 0) is 4.74 Å². The van der Waals surface area contributed by atoms with E-state index in [-0.39, 0.29) is 0 Å². The van der Waals surface area contributed by atoms with Gasteiger partial charge < -0.3 is 19.9 Å². The Morgan fingerprint density at radius 2 is 2.21 bits per heavy atom. The van der Waals surface area contributed by atoms with Gasteiger partial charge >= 0.3 is 0 Å². The van der Waals surface area contributed by atoms with Gasteiger partial charge in [0, 0.05) is 32.9 Å². The van der Waals surface area contributed by atoms with E-state index in [0.29, 0.717) is 37.7 Å². The molecular formula is C14H24N2O3. The number of nitrogens with one attached hydrogen (secondary N) is 1. The smallest absolute Gasteiger partial charge is 0.168 e. The number of methoxy groups -OCH3 is 1. The average Bonchev–Trinajstić information content (AvgIpc) is 2.41. The van der Waals surface area contributed by atoms with Crippen LogP contribution in [0.15, 0.2) is 18.3 Å². The van der Waals surface area contributed by atoms with Crippen LogP contribution in [0.5, 0.6) is 5.75 Å². The van der Waals surface area contributed by atoms with Crippen LogP contribution in [0.2, 0.25) is 0 Å². The third kappa shape index (κ3) is 5.89. The van der Waals surface area contributed by atoms with Gasteiger partial charge in [-0.05, 0) is 25.5 Å². The third-order valence-corrected chi connectivity index (χ3v) is 2.71. The first-order chi connectivity index (χ1) is 9.09. The summed E-state index contributed by atoms with van der Waals surface area (Å²) in [6, 6.07) is 3.70. The Morgan fingerprint density at radius 1 is 1.42 bits per heavy atom. The summed E-state index contributed by atoms with van der Waals surface area (Å²) < 4.78 is 10.6. The van der Waals surface area contributed by atoms with Crippen LogP contribution in [0.25, 0.3) is 0 Å². The van der Waals surface area contributed by atoms with Gasteiger partial charge in [-0.2, -0.15) is 0 Å². The highest BCUT2D eigenvalue weighted by Crippen LogP contribution is 2.22. The minimum absolute atomic E-state index is 0.399. The van der Waals surface area contributed by atoms with E-state index < -0.39 is 5.60 Å². The normalized spacial score (nSPS) is 13.9. The zero-order valence-corrected chi connectivity index (χ0v) is 12.0. The number of hydrogen-bond donors (Lipinski definition) is 2. The SMILES string of the molecule is CCCOc1cccnc1NCC(C)(O)CCOC. The van der Waals surface area contributed by atoms with Crippen molar-refractivity contribution in [3.63, 3.8) is 0 Å². The van der Waals surface area contributed by atoms with Crippen molar-refractivity contribution < 1.29 is 14.6 Å². The van der Waals surface area contributed by atoms with Gasteiger partial charge in [-0.15, -0.1) is 0 Å². The summed E-state index contributed by atoms with van der Waals surface area (Å²) >= 11 is 0. The van der Waals surface area contributed by atoms with E-state index in [1.165, 1.54) is 0 Å². The van der Waals surface area contributed by atoms with Crippen molar-refractivity contribution in [2.75, 3.05) is 32.2 Å². The molecule has 0 aromatic carbocycles. The summed E-state index contributed by atoms with van der Waals surface area (Å²) in [5.74, 6) is 1.38. The second kappa shape index (κ2) is 7.96. The second-order valence-electron chi connectivity index (χ2n) is 4.79. The molecule has 108 valence electrons. The summed E-state index contributed by atoms with van der Waals surface area (Å²) in [7, 11) is 1.62. The molecule has 1 atom stereocenters. The molecule has 0 aliphatic rings. The highest BCUT2D eigenvalue weighted by molar-refractivity contribution is 5.49. The van der Waals surface area contributed by atoms with Gasteiger partial charge in [0.25, 0.3) is 0 Å². The third-order valence-electron chi connectivity index (χ3n) is 2.71. The molecule has 0 aliphatic carbocycles. The first-order valence-electron chi connectivity index (χ1n) is 6.62. The van der Waals surface area contributed by atoms with Gasteiger partial charge in [0.05, 0.1) is 12.2 Å². The van der Waals surface area contributed by atoms with Crippen LogP contribution >= 0.6 is 0 Å². The maximum absolute atomic E-state index is 10.2. The minimum Gasteiger partial charge on any atom is -0.490 e. The standard InChI is InChI=1S/C14H24N2O3/c1-4-9-19-12-6-5-8-15-13(12)16-11-14(2,17)7-10-18-3/h5-6,8,17H,4,7,9-11H2,1-3H3,(H,15,16). The molecule has 1 unspecified atom stereocenters. The Morgan fingerprint density at radius 3 is 2.89 bits per heavy atom. The summed E-state index contributed by atoms with van der Waals surface area (Å²) in [6.45, 7) is 5.40. The van der Waals surface area contributed by atoms with Crippen LogP contribution in [0, 0.1) is 0 Å². The first kappa shape index (κ1) is 15.7. The topological polar surface area (TPSA) is 63.6 Å². The Labute approximate surface area is 115 Å². The largest absolute Gasteiger partial charge is 0.490 e. The van der Waals surface area contributed by atoms with Crippen LogP contribution < -0.4 is 10.1 Å². The molecule has 0 saturated carbocycles. The number of pyridine rings is 1. The van der Waals surface area contributed by atoms with E-state index >= 15 is 0 Å². The van der Waals surface area contributed by atoms with Gasteiger partial charge in [-0.3, -0.25) is 0 Å². The number of anilines is 1. The molecule has 0 spiro atoms. The predicted octanol–water partition coefficient (Wildman–Crippen LogP) is 2.07. The lowest BCUT2D eigenvalue weighted by Gasteiger charge is -2.24. The van der Waals surface area contributed by atoms with E-state index in [0.717, 1.165) is 6.42 Å². The highest BCUT2D eigenvalue weighted by Gasteiger charge is 2.20. The van der Waals surface area contributed by atoms with Crippen molar-refractivity contribution in [2.45, 2.75) is 32.3 Å². The van der Waals surface area contributed by atoms with Gasteiger partial charge in [0.15, 0.2) is 11.6 Å². The monoisotopic (exact) mass is 268 g/mol. The molecule has 0 bridgehead atoms. The molecule has 2 N–H and O–H groups in total. The summed E-state index contributed by atoms with van der Waals surface area (Å²) in [5, 5.41) is 13.3. The lowest BCUT2D eigenvalue weighted by molar-refractivity contribution is 0.0356. The van der Waals surface area contributed by atoms with E-state index in [4.69, 9.17) is 9.47 Å². The van der Waals surface area contributed by atoms with Gasteiger partial charge in [-0.1, -0.05) is 6.92 Å². The second-order valence-corrected chi connectivity index (χ2v) is 4.79. The van der Waals surface area contributed by atoms with E-state index in [1.807, 2.05) is 12.1 Å². The molecule has 5 heteroatoms. The molecule has 0 aliphatic heterocycles. The number of rotatable bonds is 9. The van der Waals surface area contributed by atoms with Crippen LogP contribution in [0.4, 0.5) is 5.82 Å².